The van der Waals surface area contributed by atoms with E-state index in [1.807, 2.05) is 0 Å². The number of phenols is 1. The van der Waals surface area contributed by atoms with Crippen molar-refractivity contribution in [2.45, 2.75) is 31.2 Å². The Morgan fingerprint density at radius 2 is 1.71 bits per heavy atom. The molecule has 10 heteroatoms. The highest BCUT2D eigenvalue weighted by atomic mass is 32.2. The molecular formula is C25H28N4O5S. The Morgan fingerprint density at radius 1 is 1.06 bits per heavy atom. The molecule has 0 aromatic heterocycles. The quantitative estimate of drug-likeness (QED) is 0.238. The molecule has 0 atom stereocenters. The van der Waals surface area contributed by atoms with Crippen LogP contribution in [-0.4, -0.2) is 37.4 Å². The van der Waals surface area contributed by atoms with Crippen molar-refractivity contribution in [3.8, 4) is 22.6 Å². The van der Waals surface area contributed by atoms with Gasteiger partial charge in [0.1, 0.15) is 5.84 Å². The number of nitrogens with one attached hydrogen (secondary N) is 3. The van der Waals surface area contributed by atoms with Gasteiger partial charge in [-0.15, -0.1) is 0 Å². The Hall–Kier alpha value is -3.89. The highest BCUT2D eigenvalue weighted by Gasteiger charge is 2.24. The molecule has 0 bridgehead atoms. The smallest absolute Gasteiger partial charge is 0.262 e. The van der Waals surface area contributed by atoms with E-state index >= 15 is 0 Å². The van der Waals surface area contributed by atoms with E-state index < -0.39 is 21.5 Å². The number of amides is 1. The van der Waals surface area contributed by atoms with Crippen molar-refractivity contribution in [1.82, 2.24) is 4.72 Å². The van der Waals surface area contributed by atoms with Crippen molar-refractivity contribution in [2.75, 3.05) is 11.9 Å². The summed E-state index contributed by atoms with van der Waals surface area (Å²) in [5, 5.41) is 20.0. The van der Waals surface area contributed by atoms with Crippen molar-refractivity contribution >= 4 is 27.5 Å². The molecule has 3 aromatic rings. The maximum Gasteiger partial charge on any atom is 0.262 e. The fraction of sp³-hybridized carbons (Fsp3) is 0.200. The number of ether oxygens (including phenoxy) is 1. The number of anilines is 1. The van der Waals surface area contributed by atoms with Gasteiger partial charge in [-0.05, 0) is 62.7 Å². The number of nitrogens with two attached hydrogens (primary N) is 1. The van der Waals surface area contributed by atoms with Crippen LogP contribution >= 0.6 is 0 Å². The van der Waals surface area contributed by atoms with Gasteiger partial charge in [-0.2, -0.15) is 0 Å². The number of sulfonamides is 1. The molecule has 0 aliphatic carbocycles. The molecule has 0 aliphatic heterocycles. The fourth-order valence-corrected chi connectivity index (χ4v) is 4.92. The second-order valence-electron chi connectivity index (χ2n) is 8.86. The zero-order valence-electron chi connectivity index (χ0n) is 19.6. The third-order valence-corrected chi connectivity index (χ3v) is 6.54. The van der Waals surface area contributed by atoms with E-state index in [0.717, 1.165) is 0 Å². The van der Waals surface area contributed by atoms with Gasteiger partial charge in [0.05, 0.1) is 4.90 Å². The third-order valence-electron chi connectivity index (χ3n) is 4.73. The predicted octanol–water partition coefficient (Wildman–Crippen LogP) is 3.44. The minimum absolute atomic E-state index is 0.0323. The van der Waals surface area contributed by atoms with Gasteiger partial charge in [0.25, 0.3) is 5.91 Å². The molecule has 184 valence electrons. The summed E-state index contributed by atoms with van der Waals surface area (Å²) in [4.78, 5) is 12.5. The summed E-state index contributed by atoms with van der Waals surface area (Å²) in [6.07, 6.45) is 0. The third kappa shape index (κ3) is 6.81. The van der Waals surface area contributed by atoms with Gasteiger partial charge in [-0.3, -0.25) is 10.2 Å². The van der Waals surface area contributed by atoms with E-state index in [1.165, 1.54) is 18.2 Å². The Bertz CT molecular complexity index is 1350. The Morgan fingerprint density at radius 3 is 2.34 bits per heavy atom. The maximum atomic E-state index is 12.9. The Labute approximate surface area is 204 Å². The second-order valence-corrected chi connectivity index (χ2v) is 10.5. The predicted molar refractivity (Wildman–Crippen MR) is 135 cm³/mol. The van der Waals surface area contributed by atoms with Gasteiger partial charge in [-0.25, -0.2) is 13.1 Å². The van der Waals surface area contributed by atoms with Crippen LogP contribution in [0.3, 0.4) is 0 Å². The molecule has 0 saturated heterocycles. The lowest BCUT2D eigenvalue weighted by atomic mass is 10.1. The number of rotatable bonds is 8. The summed E-state index contributed by atoms with van der Waals surface area (Å²) < 4.78 is 33.8. The highest BCUT2D eigenvalue weighted by Crippen LogP contribution is 2.29. The van der Waals surface area contributed by atoms with E-state index in [2.05, 4.69) is 10.0 Å². The topological polar surface area (TPSA) is 155 Å². The summed E-state index contributed by atoms with van der Waals surface area (Å²) >= 11 is 0. The molecule has 0 spiro atoms. The maximum absolute atomic E-state index is 12.9. The average molecular weight is 497 g/mol. The standard InChI is InChI=1S/C25H28N4O5S/c1-25(2,3)29-35(32,33)22-7-5-4-6-19(22)16-8-11-18(12-9-16)28-23(31)15-34-21-14-17(24(26)27)10-13-20(21)30/h4-14,29-30H,15H2,1-3H3,(H3,26,27)(H,28,31). The molecule has 0 aliphatic rings. The van der Waals surface area contributed by atoms with Crippen molar-refractivity contribution in [3.63, 3.8) is 0 Å². The van der Waals surface area contributed by atoms with Crippen LogP contribution in [0.5, 0.6) is 11.5 Å². The number of hydrogen-bond donors (Lipinski definition) is 5. The van der Waals surface area contributed by atoms with Gasteiger partial charge in [0, 0.05) is 22.4 Å². The molecule has 9 nitrogen and oxygen atoms in total. The van der Waals surface area contributed by atoms with Gasteiger partial charge in [0.2, 0.25) is 10.0 Å². The van der Waals surface area contributed by atoms with Crippen LogP contribution in [0.4, 0.5) is 5.69 Å². The van der Waals surface area contributed by atoms with Crippen molar-refractivity contribution < 1.29 is 23.1 Å². The van der Waals surface area contributed by atoms with E-state index in [-0.39, 0.29) is 28.8 Å². The van der Waals surface area contributed by atoms with Gasteiger partial charge >= 0.3 is 0 Å². The van der Waals surface area contributed by atoms with Crippen LogP contribution in [0.25, 0.3) is 11.1 Å². The number of phenolic OH excluding ortho intramolecular Hbond substituents is 1. The number of carbonyl (C=O) groups is 1. The van der Waals surface area contributed by atoms with Crippen molar-refractivity contribution in [3.05, 3.63) is 72.3 Å². The lowest BCUT2D eigenvalue weighted by Gasteiger charge is -2.21. The Kier molecular flexibility index (Phi) is 7.47. The number of hydrogen-bond acceptors (Lipinski definition) is 6. The molecule has 0 saturated carbocycles. The molecule has 0 radical (unpaired) electrons. The first-order valence-corrected chi connectivity index (χ1v) is 12.2. The molecule has 1 amide bonds. The van der Waals surface area contributed by atoms with Crippen LogP contribution in [0.15, 0.2) is 71.6 Å². The summed E-state index contributed by atoms with van der Waals surface area (Å²) in [5.41, 5.74) is 6.84. The summed E-state index contributed by atoms with van der Waals surface area (Å²) in [6.45, 7) is 4.94. The van der Waals surface area contributed by atoms with Crippen LogP contribution in [-0.2, 0) is 14.8 Å². The molecule has 6 N–H and O–H groups in total. The molecule has 3 rings (SSSR count). The van der Waals surface area contributed by atoms with Crippen LogP contribution in [0, 0.1) is 5.41 Å². The molecular weight excluding hydrogens is 468 g/mol. The fourth-order valence-electron chi connectivity index (χ4n) is 3.27. The van der Waals surface area contributed by atoms with Crippen molar-refractivity contribution in [1.29, 1.82) is 5.41 Å². The molecule has 0 fully saturated rings. The lowest BCUT2D eigenvalue weighted by molar-refractivity contribution is -0.118. The monoisotopic (exact) mass is 496 g/mol. The number of aromatic hydroxyl groups is 1. The zero-order chi connectivity index (χ0) is 25.8. The minimum Gasteiger partial charge on any atom is -0.504 e. The van der Waals surface area contributed by atoms with E-state index in [0.29, 0.717) is 22.4 Å². The summed E-state index contributed by atoms with van der Waals surface area (Å²) in [5.74, 6) is -0.808. The lowest BCUT2D eigenvalue weighted by Crippen LogP contribution is -2.40. The van der Waals surface area contributed by atoms with Gasteiger partial charge in [0.15, 0.2) is 18.1 Å². The zero-order valence-corrected chi connectivity index (χ0v) is 20.4. The number of nitrogen functional groups attached to an aromatic ring is 1. The van der Waals surface area contributed by atoms with E-state index in [9.17, 15) is 18.3 Å². The molecule has 3 aromatic carbocycles. The largest absolute Gasteiger partial charge is 0.504 e. The first-order valence-electron chi connectivity index (χ1n) is 10.7. The molecule has 35 heavy (non-hydrogen) atoms. The summed E-state index contributed by atoms with van der Waals surface area (Å²) in [6, 6.07) is 17.6. The first kappa shape index (κ1) is 25.7. The highest BCUT2D eigenvalue weighted by molar-refractivity contribution is 7.89. The molecule has 0 unspecified atom stereocenters. The van der Waals surface area contributed by atoms with Crippen molar-refractivity contribution in [2.24, 2.45) is 5.73 Å². The van der Waals surface area contributed by atoms with Gasteiger partial charge in [-0.1, -0.05) is 30.3 Å². The normalized spacial score (nSPS) is 11.6. The van der Waals surface area contributed by atoms with Crippen LogP contribution in [0.1, 0.15) is 26.3 Å². The van der Waals surface area contributed by atoms with E-state index in [1.54, 1.807) is 69.3 Å². The number of benzene rings is 3. The van der Waals surface area contributed by atoms with Gasteiger partial charge < -0.3 is 20.9 Å². The van der Waals surface area contributed by atoms with Crippen LogP contribution in [0.2, 0.25) is 0 Å². The molecule has 0 heterocycles. The summed E-state index contributed by atoms with van der Waals surface area (Å²) in [7, 11) is -3.75. The van der Waals surface area contributed by atoms with E-state index in [4.69, 9.17) is 15.9 Å². The number of amidine groups is 1. The SMILES string of the molecule is CC(C)(C)NS(=O)(=O)c1ccccc1-c1ccc(NC(=O)COc2cc(C(=N)N)ccc2O)cc1. The average Bonchev–Trinajstić information content (AvgIpc) is 2.77. The Balaban J connectivity index is 1.71. The second kappa shape index (κ2) is 10.2. The minimum atomic E-state index is -3.75. The van der Waals surface area contributed by atoms with Crippen LogP contribution < -0.4 is 20.5 Å². The first-order chi connectivity index (χ1) is 16.4. The number of carbonyl (C=O) groups excluding carboxylic acids is 1.